The summed E-state index contributed by atoms with van der Waals surface area (Å²) in [6.07, 6.45) is -10.9. The van der Waals surface area contributed by atoms with Gasteiger partial charge in [0, 0.05) is 39.8 Å². The maximum atomic E-state index is 14.3. The highest BCUT2D eigenvalue weighted by atomic mass is 16.7. The highest BCUT2D eigenvalue weighted by molar-refractivity contribution is 5.91. The van der Waals surface area contributed by atoms with Crippen LogP contribution < -0.4 is 0 Å². The molecule has 0 amide bonds. The Labute approximate surface area is 338 Å². The number of aliphatic hydroxyl groups excluding tert-OH is 1. The molecule has 1 aromatic carbocycles. The molecule has 59 heavy (non-hydrogen) atoms. The highest BCUT2D eigenvalue weighted by Crippen LogP contribution is 2.70. The molecule has 2 aliphatic heterocycles. The van der Waals surface area contributed by atoms with E-state index in [1.165, 1.54) is 56.4 Å². The van der Waals surface area contributed by atoms with Gasteiger partial charge in [-0.15, -0.1) is 0 Å². The highest BCUT2D eigenvalue weighted by Gasteiger charge is 2.91. The van der Waals surface area contributed by atoms with E-state index >= 15 is 0 Å². The van der Waals surface area contributed by atoms with Gasteiger partial charge in [0.15, 0.2) is 17.8 Å². The van der Waals surface area contributed by atoms with Crippen molar-refractivity contribution in [2.75, 3.05) is 13.2 Å². The third kappa shape index (κ3) is 6.89. The van der Waals surface area contributed by atoms with Gasteiger partial charge in [0.05, 0.1) is 28.7 Å². The lowest BCUT2D eigenvalue weighted by Gasteiger charge is -2.67. The summed E-state index contributed by atoms with van der Waals surface area (Å²) >= 11 is 0. The van der Waals surface area contributed by atoms with Crippen molar-refractivity contribution < 1.29 is 81.7 Å². The lowest BCUT2D eigenvalue weighted by molar-refractivity contribution is -0.385. The minimum atomic E-state index is -2.82. The Morgan fingerprint density at radius 2 is 1.44 bits per heavy atom. The van der Waals surface area contributed by atoms with Crippen molar-refractivity contribution in [3.05, 3.63) is 65.5 Å². The fraction of sp³-hybridized carbons (Fsp3) is 0.561. The maximum Gasteiger partial charge on any atom is 0.340 e. The summed E-state index contributed by atoms with van der Waals surface area (Å²) in [5.41, 5.74) is -10.2. The molecule has 13 atom stereocenters. The van der Waals surface area contributed by atoms with Crippen LogP contribution >= 0.6 is 0 Å². The zero-order valence-corrected chi connectivity index (χ0v) is 33.7. The summed E-state index contributed by atoms with van der Waals surface area (Å²) in [5.74, 6) is -10.6. The van der Waals surface area contributed by atoms with Crippen molar-refractivity contribution in [1.29, 1.82) is 0 Å². The van der Waals surface area contributed by atoms with Crippen molar-refractivity contribution in [2.24, 2.45) is 17.3 Å². The standard InChI is InChI=1S/C41H47NO17/c1-19-20(2)35(48)57-32-29(47)33(58-36(49)25-13-10-9-11-14-25)40(18-52-21(3)43)34(56-24(6)46)30(54-22(4)44)27-31(55-23(5)45)41(40,39(32,8)51)59-38(27,7)17-53-37(50)26-15-12-16-42-28(19)26/h9-16,19-20,27,29-34,47,51H,17-18H2,1-8H3/t19-,20-,27+,29+,30-,31-,32-,33-,34+,38+,39+,40+,41+/m0/s1. The Morgan fingerprint density at radius 3 is 2.05 bits per heavy atom. The van der Waals surface area contributed by atoms with Crippen molar-refractivity contribution in [3.8, 4) is 0 Å². The Balaban J connectivity index is 1.76. The summed E-state index contributed by atoms with van der Waals surface area (Å²) in [6.45, 7) is 7.80. The molecule has 2 N–H and O–H groups in total. The van der Waals surface area contributed by atoms with E-state index in [9.17, 15) is 43.8 Å². The molecule has 18 nitrogen and oxygen atoms in total. The van der Waals surface area contributed by atoms with Gasteiger partial charge < -0.3 is 48.1 Å². The second-order valence-electron chi connectivity index (χ2n) is 15.9. The fourth-order valence-electron chi connectivity index (χ4n) is 9.54. The predicted octanol–water partition coefficient (Wildman–Crippen LogP) is 1.76. The summed E-state index contributed by atoms with van der Waals surface area (Å²) in [5, 5.41) is 26.0. The van der Waals surface area contributed by atoms with Gasteiger partial charge in [-0.05, 0) is 38.1 Å². The lowest BCUT2D eigenvalue weighted by Crippen LogP contribution is -2.89. The van der Waals surface area contributed by atoms with Crippen LogP contribution in [0.2, 0.25) is 0 Å². The molecule has 0 unspecified atom stereocenters. The van der Waals surface area contributed by atoms with Crippen molar-refractivity contribution in [1.82, 2.24) is 4.98 Å². The number of ether oxygens (including phenoxy) is 8. The Morgan fingerprint density at radius 1 is 0.814 bits per heavy atom. The minimum Gasteiger partial charge on any atom is -0.465 e. The number of esters is 7. The van der Waals surface area contributed by atoms with E-state index < -0.39 is 132 Å². The Bertz CT molecular complexity index is 2040. The van der Waals surface area contributed by atoms with Gasteiger partial charge in [0.25, 0.3) is 0 Å². The number of hydrogen-bond donors (Lipinski definition) is 2. The molecule has 2 aromatic rings. The van der Waals surface area contributed by atoms with Crippen LogP contribution in [0.5, 0.6) is 0 Å². The molecular weight excluding hydrogens is 778 g/mol. The summed E-state index contributed by atoms with van der Waals surface area (Å²) in [7, 11) is 0. The first-order valence-corrected chi connectivity index (χ1v) is 19.0. The molecule has 18 heteroatoms. The van der Waals surface area contributed by atoms with Gasteiger partial charge in [0.1, 0.15) is 54.2 Å². The molecular formula is C41H47NO17. The van der Waals surface area contributed by atoms with Gasteiger partial charge in [-0.3, -0.25) is 29.0 Å². The van der Waals surface area contributed by atoms with Gasteiger partial charge in [0.2, 0.25) is 0 Å². The average molecular weight is 826 g/mol. The molecule has 3 heterocycles. The van der Waals surface area contributed by atoms with Gasteiger partial charge >= 0.3 is 41.8 Å². The Kier molecular flexibility index (Phi) is 11.4. The number of rotatable bonds is 7. The van der Waals surface area contributed by atoms with Crippen molar-refractivity contribution in [3.63, 3.8) is 0 Å². The molecule has 318 valence electrons. The quantitative estimate of drug-likeness (QED) is 0.298. The van der Waals surface area contributed by atoms with E-state index in [0.29, 0.717) is 0 Å². The second-order valence-corrected chi connectivity index (χ2v) is 15.9. The van der Waals surface area contributed by atoms with Crippen LogP contribution in [0.25, 0.3) is 0 Å². The van der Waals surface area contributed by atoms with E-state index in [1.807, 2.05) is 0 Å². The van der Waals surface area contributed by atoms with Crippen LogP contribution in [-0.2, 0) is 61.9 Å². The third-order valence-electron chi connectivity index (χ3n) is 12.1. The number of carbonyl (C=O) groups excluding carboxylic acids is 7. The van der Waals surface area contributed by atoms with E-state index in [0.717, 1.165) is 34.6 Å². The normalized spacial score (nSPS) is 37.4. The van der Waals surface area contributed by atoms with Crippen LogP contribution in [0.3, 0.4) is 0 Å². The topological polar surface area (TPSA) is 247 Å². The molecule has 1 saturated heterocycles. The van der Waals surface area contributed by atoms with E-state index in [1.54, 1.807) is 13.0 Å². The number of aromatic nitrogens is 1. The second kappa shape index (κ2) is 15.6. The lowest BCUT2D eigenvalue weighted by atomic mass is 9.45. The zero-order valence-electron chi connectivity index (χ0n) is 33.7. The first kappa shape index (κ1) is 43.1. The zero-order chi connectivity index (χ0) is 43.4. The van der Waals surface area contributed by atoms with Crippen LogP contribution in [-0.4, -0.2) is 124 Å². The number of aliphatic hydroxyl groups is 2. The fourth-order valence-corrected chi connectivity index (χ4v) is 9.54. The van der Waals surface area contributed by atoms with Crippen molar-refractivity contribution >= 4 is 41.8 Å². The van der Waals surface area contributed by atoms with E-state index in [2.05, 4.69) is 4.98 Å². The number of nitrogens with zero attached hydrogens (tertiary/aromatic N) is 1. The van der Waals surface area contributed by atoms with Crippen LogP contribution in [0.1, 0.15) is 87.7 Å². The predicted molar refractivity (Wildman–Crippen MR) is 196 cm³/mol. The number of benzene rings is 1. The molecule has 2 saturated carbocycles. The van der Waals surface area contributed by atoms with E-state index in [4.69, 9.17) is 37.9 Å². The minimum absolute atomic E-state index is 0.0328. The average Bonchev–Trinajstić information content (AvgIpc) is 3.39. The van der Waals surface area contributed by atoms with Crippen LogP contribution in [0.15, 0.2) is 48.7 Å². The van der Waals surface area contributed by atoms with Crippen molar-refractivity contribution in [2.45, 2.75) is 115 Å². The maximum absolute atomic E-state index is 14.3. The first-order valence-electron chi connectivity index (χ1n) is 19.0. The molecule has 4 bridgehead atoms. The molecule has 3 fully saturated rings. The molecule has 1 aromatic heterocycles. The number of pyridine rings is 1. The van der Waals surface area contributed by atoms with Crippen LogP contribution in [0, 0.1) is 17.3 Å². The largest absolute Gasteiger partial charge is 0.465 e. The van der Waals surface area contributed by atoms with Gasteiger partial charge in [-0.2, -0.15) is 0 Å². The number of fused-ring (bicyclic) bond motifs is 5. The summed E-state index contributed by atoms with van der Waals surface area (Å²) in [4.78, 5) is 99.4. The number of cyclic esters (lactones) is 1. The first-order chi connectivity index (χ1) is 27.6. The number of carbonyl (C=O) groups is 7. The summed E-state index contributed by atoms with van der Waals surface area (Å²) in [6, 6.07) is 10.3. The van der Waals surface area contributed by atoms with E-state index in [-0.39, 0.29) is 16.8 Å². The van der Waals surface area contributed by atoms with Crippen LogP contribution in [0.4, 0.5) is 0 Å². The molecule has 0 radical (unpaired) electrons. The molecule has 1 spiro atoms. The number of hydrogen-bond acceptors (Lipinski definition) is 18. The molecule has 2 aliphatic carbocycles. The molecule has 4 aliphatic rings. The third-order valence-corrected chi connectivity index (χ3v) is 12.1. The van der Waals surface area contributed by atoms with Gasteiger partial charge in [-0.1, -0.05) is 32.0 Å². The Hall–Kier alpha value is -5.46. The SMILES string of the molecule is CC(=O)OC[C@@]12[C@H](OC(C)=O)[C@@H](OC(C)=O)[C@@H]3[C@H](OC(C)=O)[C@]14O[C@]3(C)COC(=O)c1cccnc1[C@@H](C)[C@H](C)C(=O)O[C@@H]([C@@H](O)[C@@H]2OC(=O)c1ccccc1)[C@@]4(C)O. The monoisotopic (exact) mass is 825 g/mol. The smallest absolute Gasteiger partial charge is 0.340 e. The van der Waals surface area contributed by atoms with Gasteiger partial charge in [-0.25, -0.2) is 9.59 Å². The molecule has 6 rings (SSSR count). The summed E-state index contributed by atoms with van der Waals surface area (Å²) < 4.78 is 48.8.